The Morgan fingerprint density at radius 1 is 0.900 bits per heavy atom. The second-order valence-electron chi connectivity index (χ2n) is 6.19. The molecule has 3 rings (SSSR count). The molecule has 0 aliphatic carbocycles. The number of ether oxygens (including phenoxy) is 2. The Bertz CT molecular complexity index is 1130. The van der Waals surface area contributed by atoms with E-state index in [1.54, 1.807) is 24.3 Å². The third-order valence-corrected chi connectivity index (χ3v) is 4.93. The number of carboxylic acid groups (broad SMARTS) is 1. The van der Waals surface area contributed by atoms with Crippen LogP contribution in [0, 0.1) is 0 Å². The van der Waals surface area contributed by atoms with E-state index < -0.39 is 11.9 Å². The Hall–Kier alpha value is -3.22. The maximum absolute atomic E-state index is 12.6. The fraction of sp³-hybridized carbons (Fsp3) is 0.0909. The number of hydrogen-bond donors (Lipinski definition) is 1. The third-order valence-electron chi connectivity index (χ3n) is 4.38. The summed E-state index contributed by atoms with van der Waals surface area (Å²) >= 11 is 11.9. The number of amides is 1. The van der Waals surface area contributed by atoms with Crippen LogP contribution in [-0.4, -0.2) is 26.1 Å². The predicted molar refractivity (Wildman–Crippen MR) is 114 cm³/mol. The molecule has 1 amide bonds. The fourth-order valence-electron chi connectivity index (χ4n) is 2.89. The van der Waals surface area contributed by atoms with Crippen molar-refractivity contribution in [3.63, 3.8) is 0 Å². The molecule has 3 aromatic rings. The van der Waals surface area contributed by atoms with Crippen molar-refractivity contribution >= 4 is 40.8 Å². The van der Waals surface area contributed by atoms with E-state index in [1.165, 1.54) is 44.6 Å². The molecule has 30 heavy (non-hydrogen) atoms. The summed E-state index contributed by atoms with van der Waals surface area (Å²) < 4.78 is 10.6. The highest BCUT2D eigenvalue weighted by Gasteiger charge is 2.16. The Kier molecular flexibility index (Phi) is 6.50. The molecule has 0 aliphatic heterocycles. The first-order chi connectivity index (χ1) is 14.3. The van der Waals surface area contributed by atoms with Crippen molar-refractivity contribution in [2.24, 2.45) is 0 Å². The van der Waals surface area contributed by atoms with Gasteiger partial charge in [0.15, 0.2) is 0 Å². The Labute approximate surface area is 183 Å². The first-order valence-electron chi connectivity index (χ1n) is 8.68. The van der Waals surface area contributed by atoms with Crippen molar-refractivity contribution in [3.8, 4) is 22.6 Å². The molecule has 0 spiro atoms. The molecule has 0 radical (unpaired) electrons. The van der Waals surface area contributed by atoms with Gasteiger partial charge in [0.05, 0.1) is 36.5 Å². The first-order valence-corrected chi connectivity index (χ1v) is 9.44. The van der Waals surface area contributed by atoms with Gasteiger partial charge in [-0.05, 0) is 54.1 Å². The molecule has 0 heterocycles. The van der Waals surface area contributed by atoms with Gasteiger partial charge in [-0.1, -0.05) is 29.3 Å². The lowest BCUT2D eigenvalue weighted by Gasteiger charge is -2.16. The van der Waals surface area contributed by atoms with Gasteiger partial charge in [0.25, 0.3) is 5.91 Å². The van der Waals surface area contributed by atoms with E-state index >= 15 is 0 Å². The maximum atomic E-state index is 12.6. The summed E-state index contributed by atoms with van der Waals surface area (Å²) in [7, 11) is 3.04. The summed E-state index contributed by atoms with van der Waals surface area (Å²) in [5.74, 6) is -0.914. The van der Waals surface area contributed by atoms with Crippen molar-refractivity contribution in [1.82, 2.24) is 0 Å². The Morgan fingerprint density at radius 3 is 2.30 bits per heavy atom. The van der Waals surface area contributed by atoms with Crippen molar-refractivity contribution in [2.45, 2.75) is 0 Å². The van der Waals surface area contributed by atoms with Crippen LogP contribution < -0.4 is 19.9 Å². The van der Waals surface area contributed by atoms with Crippen molar-refractivity contribution in [3.05, 3.63) is 75.8 Å². The lowest BCUT2D eigenvalue weighted by Crippen LogP contribution is -2.25. The van der Waals surface area contributed by atoms with Gasteiger partial charge in [-0.25, -0.2) is 0 Å². The highest BCUT2D eigenvalue weighted by Crippen LogP contribution is 2.35. The van der Waals surface area contributed by atoms with Crippen LogP contribution in [0.2, 0.25) is 10.0 Å². The van der Waals surface area contributed by atoms with E-state index in [0.717, 1.165) is 0 Å². The number of aromatic carboxylic acids is 1. The second kappa shape index (κ2) is 9.07. The van der Waals surface area contributed by atoms with E-state index in [9.17, 15) is 14.7 Å². The quantitative estimate of drug-likeness (QED) is 0.612. The molecule has 0 fully saturated rings. The minimum atomic E-state index is -1.45. The normalized spacial score (nSPS) is 10.4. The fourth-order valence-corrected chi connectivity index (χ4v) is 3.39. The molecule has 1 N–H and O–H groups in total. The standard InChI is InChI=1S/C22H17Cl2NO5/c1-29-14-5-8-20(30-2)16(11-14)12-3-7-19(17(9-12)22(27)28)25-21(26)15-6-4-13(23)10-18(15)24/h3-11H,1-2H3,(H,25,26)(H,27,28)/p-1. The first kappa shape index (κ1) is 21.5. The molecule has 0 bridgehead atoms. The van der Waals surface area contributed by atoms with Crippen molar-refractivity contribution in [2.75, 3.05) is 19.5 Å². The predicted octanol–water partition coefficient (Wildman–Crippen LogP) is 4.29. The van der Waals surface area contributed by atoms with Gasteiger partial charge in [-0.2, -0.15) is 0 Å². The van der Waals surface area contributed by atoms with Crippen LogP contribution in [-0.2, 0) is 0 Å². The van der Waals surface area contributed by atoms with Crippen LogP contribution in [0.4, 0.5) is 5.69 Å². The SMILES string of the molecule is COc1ccc(OC)c(-c2ccc(NC(=O)c3ccc(Cl)cc3Cl)c(C(=O)[O-])c2)c1. The van der Waals surface area contributed by atoms with Gasteiger partial charge in [0.1, 0.15) is 11.5 Å². The molecule has 0 saturated carbocycles. The molecule has 3 aromatic carbocycles. The summed E-state index contributed by atoms with van der Waals surface area (Å²) in [6, 6.07) is 14.1. The molecule has 0 atom stereocenters. The molecular formula is C22H16Cl2NO5-. The number of carbonyl (C=O) groups excluding carboxylic acids is 2. The summed E-state index contributed by atoms with van der Waals surface area (Å²) in [6.07, 6.45) is 0. The van der Waals surface area contributed by atoms with E-state index in [4.69, 9.17) is 32.7 Å². The van der Waals surface area contributed by atoms with Crippen molar-refractivity contribution in [1.29, 1.82) is 0 Å². The number of rotatable bonds is 6. The lowest BCUT2D eigenvalue weighted by molar-refractivity contribution is -0.254. The second-order valence-corrected chi connectivity index (χ2v) is 7.04. The Morgan fingerprint density at radius 2 is 1.67 bits per heavy atom. The molecular weight excluding hydrogens is 429 g/mol. The van der Waals surface area contributed by atoms with E-state index in [1.807, 2.05) is 0 Å². The zero-order valence-electron chi connectivity index (χ0n) is 16.0. The molecule has 0 saturated heterocycles. The minimum absolute atomic E-state index is 0.0663. The van der Waals surface area contributed by atoms with Gasteiger partial charge in [0.2, 0.25) is 0 Å². The average molecular weight is 445 g/mol. The smallest absolute Gasteiger partial charge is 0.257 e. The molecule has 0 aliphatic rings. The van der Waals surface area contributed by atoms with Crippen LogP contribution in [0.1, 0.15) is 20.7 Å². The number of methoxy groups -OCH3 is 2. The van der Waals surface area contributed by atoms with Crippen LogP contribution in [0.15, 0.2) is 54.6 Å². The van der Waals surface area contributed by atoms with Crippen LogP contribution in [0.25, 0.3) is 11.1 Å². The molecule has 0 unspecified atom stereocenters. The molecule has 0 aromatic heterocycles. The van der Waals surface area contributed by atoms with Crippen molar-refractivity contribution < 1.29 is 24.2 Å². The van der Waals surface area contributed by atoms with E-state index in [2.05, 4.69) is 5.32 Å². The van der Waals surface area contributed by atoms with Crippen LogP contribution in [0.3, 0.4) is 0 Å². The lowest BCUT2D eigenvalue weighted by atomic mass is 10.00. The monoisotopic (exact) mass is 444 g/mol. The number of halogens is 2. The van der Waals surface area contributed by atoms with Crippen LogP contribution in [0.5, 0.6) is 11.5 Å². The minimum Gasteiger partial charge on any atom is -0.545 e. The number of anilines is 1. The topological polar surface area (TPSA) is 87.7 Å². The van der Waals surface area contributed by atoms with Gasteiger partial charge in [-0.3, -0.25) is 4.79 Å². The highest BCUT2D eigenvalue weighted by molar-refractivity contribution is 6.37. The van der Waals surface area contributed by atoms with Gasteiger partial charge >= 0.3 is 0 Å². The zero-order chi connectivity index (χ0) is 21.8. The summed E-state index contributed by atoms with van der Waals surface area (Å²) in [5, 5.41) is 14.8. The summed E-state index contributed by atoms with van der Waals surface area (Å²) in [6.45, 7) is 0. The zero-order valence-corrected chi connectivity index (χ0v) is 17.5. The van der Waals surface area contributed by atoms with E-state index in [0.29, 0.717) is 27.6 Å². The van der Waals surface area contributed by atoms with Gasteiger partial charge < -0.3 is 24.7 Å². The molecule has 8 heteroatoms. The number of carboxylic acids is 1. The number of carbonyl (C=O) groups is 2. The van der Waals surface area contributed by atoms with E-state index in [-0.39, 0.29) is 21.8 Å². The number of benzene rings is 3. The highest BCUT2D eigenvalue weighted by atomic mass is 35.5. The van der Waals surface area contributed by atoms with Crippen LogP contribution >= 0.6 is 23.2 Å². The number of nitrogens with one attached hydrogen (secondary N) is 1. The average Bonchev–Trinajstić information content (AvgIpc) is 2.73. The largest absolute Gasteiger partial charge is 0.545 e. The molecule has 154 valence electrons. The maximum Gasteiger partial charge on any atom is 0.257 e. The molecule has 6 nitrogen and oxygen atoms in total. The summed E-state index contributed by atoms with van der Waals surface area (Å²) in [5.41, 5.74) is 1.20. The Balaban J connectivity index is 2.01. The third kappa shape index (κ3) is 4.50. The van der Waals surface area contributed by atoms with Gasteiger partial charge in [0, 0.05) is 16.1 Å². The van der Waals surface area contributed by atoms with Gasteiger partial charge in [-0.15, -0.1) is 0 Å². The number of hydrogen-bond acceptors (Lipinski definition) is 5. The summed E-state index contributed by atoms with van der Waals surface area (Å²) in [4.78, 5) is 24.3.